The lowest BCUT2D eigenvalue weighted by atomic mass is 10.2. The average Bonchev–Trinajstić information content (AvgIpc) is 2.35. The van der Waals surface area contributed by atoms with E-state index in [9.17, 15) is 9.18 Å². The minimum Gasteiger partial charge on any atom is -0.397 e. The van der Waals surface area contributed by atoms with Crippen LogP contribution in [0.25, 0.3) is 0 Å². The van der Waals surface area contributed by atoms with Crippen LogP contribution < -0.4 is 11.1 Å². The van der Waals surface area contributed by atoms with Gasteiger partial charge in [-0.25, -0.2) is 4.39 Å². The third kappa shape index (κ3) is 2.41. The predicted octanol–water partition coefficient (Wildman–Crippen LogP) is 2.71. The van der Waals surface area contributed by atoms with E-state index in [1.807, 2.05) is 0 Å². The quantitative estimate of drug-likeness (QED) is 0.877. The number of amides is 1. The molecule has 0 saturated carbocycles. The summed E-state index contributed by atoms with van der Waals surface area (Å²) in [6.45, 7) is 0. The molecular formula is C12H9ClFN3O. The number of aromatic nitrogens is 1. The van der Waals surface area contributed by atoms with Crippen LogP contribution in [-0.4, -0.2) is 10.9 Å². The molecule has 1 heterocycles. The molecule has 1 amide bonds. The number of halogens is 2. The van der Waals surface area contributed by atoms with E-state index in [-0.39, 0.29) is 22.0 Å². The van der Waals surface area contributed by atoms with Gasteiger partial charge >= 0.3 is 0 Å². The largest absolute Gasteiger partial charge is 0.397 e. The number of carbonyl (C=O) groups excluding carboxylic acids is 1. The number of pyridine rings is 1. The number of carbonyl (C=O) groups is 1. The molecule has 0 spiro atoms. The smallest absolute Gasteiger partial charge is 0.257 e. The van der Waals surface area contributed by atoms with Gasteiger partial charge in [0, 0.05) is 6.20 Å². The van der Waals surface area contributed by atoms with Crippen LogP contribution in [0.15, 0.2) is 36.7 Å². The van der Waals surface area contributed by atoms with Gasteiger partial charge in [0.05, 0.1) is 28.2 Å². The molecule has 92 valence electrons. The van der Waals surface area contributed by atoms with Crippen molar-refractivity contribution in [2.75, 3.05) is 11.1 Å². The fourth-order valence-electron chi connectivity index (χ4n) is 1.40. The summed E-state index contributed by atoms with van der Waals surface area (Å²) in [4.78, 5) is 15.6. The Bertz CT molecular complexity index is 604. The van der Waals surface area contributed by atoms with Crippen molar-refractivity contribution in [2.45, 2.75) is 0 Å². The Kier molecular flexibility index (Phi) is 3.43. The summed E-state index contributed by atoms with van der Waals surface area (Å²) in [5.74, 6) is -1.20. The molecule has 0 fully saturated rings. The Hall–Kier alpha value is -2.14. The molecule has 0 aliphatic heterocycles. The third-order valence-electron chi connectivity index (χ3n) is 2.30. The van der Waals surface area contributed by atoms with Crippen LogP contribution in [0.2, 0.25) is 5.02 Å². The van der Waals surface area contributed by atoms with E-state index in [2.05, 4.69) is 10.3 Å². The van der Waals surface area contributed by atoms with Gasteiger partial charge in [-0.05, 0) is 18.2 Å². The van der Waals surface area contributed by atoms with Gasteiger partial charge in [0.15, 0.2) is 5.82 Å². The van der Waals surface area contributed by atoms with Gasteiger partial charge in [-0.3, -0.25) is 9.78 Å². The molecule has 0 bridgehead atoms. The Balaban J connectivity index is 2.27. The van der Waals surface area contributed by atoms with E-state index in [0.717, 1.165) is 0 Å². The molecule has 3 N–H and O–H groups in total. The molecular weight excluding hydrogens is 257 g/mol. The SMILES string of the molecule is Nc1cnccc1C(=O)Nc1cccc(Cl)c1F. The molecule has 0 atom stereocenters. The first kappa shape index (κ1) is 12.3. The molecule has 0 radical (unpaired) electrons. The van der Waals surface area contributed by atoms with Crippen molar-refractivity contribution in [3.05, 3.63) is 53.1 Å². The maximum absolute atomic E-state index is 13.6. The molecule has 1 aromatic carbocycles. The number of hydrogen-bond donors (Lipinski definition) is 2. The van der Waals surface area contributed by atoms with Gasteiger partial charge in [-0.2, -0.15) is 0 Å². The average molecular weight is 266 g/mol. The molecule has 4 nitrogen and oxygen atoms in total. The molecule has 0 aliphatic rings. The number of benzene rings is 1. The van der Waals surface area contributed by atoms with E-state index in [1.165, 1.54) is 36.7 Å². The van der Waals surface area contributed by atoms with Crippen LogP contribution in [0.1, 0.15) is 10.4 Å². The Morgan fingerprint density at radius 1 is 1.39 bits per heavy atom. The fraction of sp³-hybridized carbons (Fsp3) is 0. The van der Waals surface area contributed by atoms with Crippen molar-refractivity contribution in [3.63, 3.8) is 0 Å². The maximum Gasteiger partial charge on any atom is 0.257 e. The molecule has 0 unspecified atom stereocenters. The summed E-state index contributed by atoms with van der Waals surface area (Å²) in [7, 11) is 0. The summed E-state index contributed by atoms with van der Waals surface area (Å²) in [6.07, 6.45) is 2.78. The van der Waals surface area contributed by atoms with Crippen molar-refractivity contribution in [2.24, 2.45) is 0 Å². The van der Waals surface area contributed by atoms with Crippen LogP contribution in [0.3, 0.4) is 0 Å². The second kappa shape index (κ2) is 5.01. The number of nitrogen functional groups attached to an aromatic ring is 1. The number of hydrogen-bond acceptors (Lipinski definition) is 3. The minimum atomic E-state index is -0.680. The van der Waals surface area contributed by atoms with Crippen molar-refractivity contribution in [1.82, 2.24) is 4.98 Å². The summed E-state index contributed by atoms with van der Waals surface area (Å²) < 4.78 is 13.6. The zero-order valence-electron chi connectivity index (χ0n) is 9.15. The first-order valence-corrected chi connectivity index (χ1v) is 5.42. The van der Waals surface area contributed by atoms with Gasteiger partial charge in [-0.1, -0.05) is 17.7 Å². The number of nitrogens with two attached hydrogens (primary N) is 1. The van der Waals surface area contributed by atoms with Crippen LogP contribution >= 0.6 is 11.6 Å². The van der Waals surface area contributed by atoms with Crippen LogP contribution in [0.5, 0.6) is 0 Å². The fourth-order valence-corrected chi connectivity index (χ4v) is 1.58. The minimum absolute atomic E-state index is 0.00344. The monoisotopic (exact) mass is 265 g/mol. The van der Waals surface area contributed by atoms with Crippen molar-refractivity contribution in [3.8, 4) is 0 Å². The molecule has 0 aliphatic carbocycles. The Labute approximate surface area is 108 Å². The normalized spacial score (nSPS) is 10.1. The van der Waals surface area contributed by atoms with Crippen LogP contribution in [-0.2, 0) is 0 Å². The first-order chi connectivity index (χ1) is 8.59. The van der Waals surface area contributed by atoms with Crippen molar-refractivity contribution >= 4 is 28.9 Å². The Morgan fingerprint density at radius 2 is 2.17 bits per heavy atom. The highest BCUT2D eigenvalue weighted by Gasteiger charge is 2.13. The molecule has 1 aromatic heterocycles. The van der Waals surface area contributed by atoms with Gasteiger partial charge < -0.3 is 11.1 Å². The van der Waals surface area contributed by atoms with Gasteiger partial charge in [0.25, 0.3) is 5.91 Å². The van der Waals surface area contributed by atoms with E-state index in [4.69, 9.17) is 17.3 Å². The topological polar surface area (TPSA) is 68.0 Å². The zero-order valence-corrected chi connectivity index (χ0v) is 9.91. The van der Waals surface area contributed by atoms with E-state index in [1.54, 1.807) is 0 Å². The summed E-state index contributed by atoms with van der Waals surface area (Å²) >= 11 is 5.61. The van der Waals surface area contributed by atoms with Gasteiger partial charge in [-0.15, -0.1) is 0 Å². The standard InChI is InChI=1S/C12H9ClFN3O/c13-8-2-1-3-10(11(8)14)17-12(18)7-4-5-16-6-9(7)15/h1-6H,15H2,(H,17,18). The predicted molar refractivity (Wildman–Crippen MR) is 68.0 cm³/mol. The zero-order chi connectivity index (χ0) is 13.1. The van der Waals surface area contributed by atoms with Crippen molar-refractivity contribution in [1.29, 1.82) is 0 Å². The molecule has 0 saturated heterocycles. The van der Waals surface area contributed by atoms with E-state index >= 15 is 0 Å². The maximum atomic E-state index is 13.6. The van der Waals surface area contributed by atoms with Crippen molar-refractivity contribution < 1.29 is 9.18 Å². The highest BCUT2D eigenvalue weighted by Crippen LogP contribution is 2.23. The van der Waals surface area contributed by atoms with Gasteiger partial charge in [0.2, 0.25) is 0 Å². The first-order valence-electron chi connectivity index (χ1n) is 5.04. The Morgan fingerprint density at radius 3 is 2.89 bits per heavy atom. The summed E-state index contributed by atoms with van der Waals surface area (Å²) in [5, 5.41) is 2.34. The third-order valence-corrected chi connectivity index (χ3v) is 2.59. The highest BCUT2D eigenvalue weighted by atomic mass is 35.5. The number of anilines is 2. The second-order valence-electron chi connectivity index (χ2n) is 3.52. The number of nitrogens with one attached hydrogen (secondary N) is 1. The molecule has 2 rings (SSSR count). The van der Waals surface area contributed by atoms with Gasteiger partial charge in [0.1, 0.15) is 0 Å². The number of nitrogens with zero attached hydrogens (tertiary/aromatic N) is 1. The molecule has 18 heavy (non-hydrogen) atoms. The lowest BCUT2D eigenvalue weighted by Gasteiger charge is -2.08. The lowest BCUT2D eigenvalue weighted by molar-refractivity contribution is 0.102. The lowest BCUT2D eigenvalue weighted by Crippen LogP contribution is -2.15. The second-order valence-corrected chi connectivity index (χ2v) is 3.93. The summed E-state index contributed by atoms with van der Waals surface area (Å²) in [5.41, 5.74) is 6.05. The van der Waals surface area contributed by atoms with Crippen LogP contribution in [0, 0.1) is 5.82 Å². The molecule has 2 aromatic rings. The summed E-state index contributed by atoms with van der Waals surface area (Å²) in [6, 6.07) is 5.80. The van der Waals surface area contributed by atoms with Crippen LogP contribution in [0.4, 0.5) is 15.8 Å². The van der Waals surface area contributed by atoms with E-state index < -0.39 is 11.7 Å². The van der Waals surface area contributed by atoms with E-state index in [0.29, 0.717) is 0 Å². The molecule has 6 heteroatoms. The number of rotatable bonds is 2. The highest BCUT2D eigenvalue weighted by molar-refractivity contribution is 6.31.